The van der Waals surface area contributed by atoms with Crippen LogP contribution in [0.25, 0.3) is 0 Å². The van der Waals surface area contributed by atoms with Gasteiger partial charge in [-0.25, -0.2) is 0 Å². The summed E-state index contributed by atoms with van der Waals surface area (Å²) in [5.74, 6) is 0. The highest BCUT2D eigenvalue weighted by Crippen LogP contribution is 2.01. The van der Waals surface area contributed by atoms with Crippen molar-refractivity contribution in [1.29, 1.82) is 0 Å². The summed E-state index contributed by atoms with van der Waals surface area (Å²) in [6.45, 7) is 3.20. The van der Waals surface area contributed by atoms with E-state index in [9.17, 15) is 0 Å². The molecule has 1 aromatic rings. The van der Waals surface area contributed by atoms with Crippen molar-refractivity contribution >= 4 is 0 Å². The van der Waals surface area contributed by atoms with Crippen molar-refractivity contribution in [2.45, 2.75) is 12.5 Å². The highest BCUT2D eigenvalue weighted by Gasteiger charge is 2.06. The summed E-state index contributed by atoms with van der Waals surface area (Å²) in [6, 6.07) is 11.1. The maximum Gasteiger partial charge on any atom is 0.0376 e. The third-order valence-electron chi connectivity index (χ3n) is 2.64. The number of piperazine rings is 1. The van der Waals surface area contributed by atoms with E-state index in [0.717, 1.165) is 26.1 Å². The summed E-state index contributed by atoms with van der Waals surface area (Å²) in [6.07, 6.45) is 5.54. The van der Waals surface area contributed by atoms with E-state index in [1.165, 1.54) is 5.56 Å². The van der Waals surface area contributed by atoms with Crippen molar-refractivity contribution in [3.8, 4) is 0 Å². The smallest absolute Gasteiger partial charge is 0.0376 e. The summed E-state index contributed by atoms with van der Waals surface area (Å²) in [5.41, 5.74) is 1.37. The summed E-state index contributed by atoms with van der Waals surface area (Å²) in [7, 11) is 0. The van der Waals surface area contributed by atoms with Gasteiger partial charge in [-0.15, -0.1) is 0 Å². The third-order valence-corrected chi connectivity index (χ3v) is 2.64. The highest BCUT2D eigenvalue weighted by molar-refractivity contribution is 5.18. The first kappa shape index (κ1) is 10.4. The van der Waals surface area contributed by atoms with Gasteiger partial charge in [-0.3, -0.25) is 0 Å². The number of allylic oxidation sites excluding steroid dienone is 1. The predicted octanol–water partition coefficient (Wildman–Crippen LogP) is 1.35. The van der Waals surface area contributed by atoms with E-state index in [2.05, 4.69) is 53.1 Å². The first-order chi connectivity index (χ1) is 7.45. The zero-order valence-corrected chi connectivity index (χ0v) is 8.95. The van der Waals surface area contributed by atoms with Gasteiger partial charge in [0.15, 0.2) is 0 Å². The lowest BCUT2D eigenvalue weighted by Gasteiger charge is -2.21. The Balaban J connectivity index is 1.79. The van der Waals surface area contributed by atoms with Crippen LogP contribution in [0, 0.1) is 0 Å². The zero-order chi connectivity index (χ0) is 10.3. The third kappa shape index (κ3) is 3.50. The van der Waals surface area contributed by atoms with Crippen LogP contribution in [-0.2, 0) is 6.42 Å². The number of hydrogen-bond acceptors (Lipinski definition) is 2. The molecule has 0 bridgehead atoms. The second-order valence-corrected chi connectivity index (χ2v) is 3.88. The van der Waals surface area contributed by atoms with Crippen LogP contribution < -0.4 is 10.6 Å². The Labute approximate surface area is 91.4 Å². The zero-order valence-electron chi connectivity index (χ0n) is 8.95. The maximum atomic E-state index is 3.46. The number of benzene rings is 1. The van der Waals surface area contributed by atoms with Crippen molar-refractivity contribution in [3.05, 3.63) is 48.0 Å². The van der Waals surface area contributed by atoms with Crippen LogP contribution in [0.3, 0.4) is 0 Å². The topological polar surface area (TPSA) is 24.1 Å². The molecular formula is C13H18N2. The van der Waals surface area contributed by atoms with E-state index in [4.69, 9.17) is 0 Å². The van der Waals surface area contributed by atoms with Gasteiger partial charge >= 0.3 is 0 Å². The lowest BCUT2D eigenvalue weighted by molar-refractivity contribution is 0.471. The van der Waals surface area contributed by atoms with Crippen LogP contribution in [0.4, 0.5) is 0 Å². The molecule has 80 valence electrons. The minimum Gasteiger partial charge on any atom is -0.314 e. The molecule has 2 rings (SSSR count). The van der Waals surface area contributed by atoms with E-state index in [-0.39, 0.29) is 0 Å². The molecule has 0 aliphatic carbocycles. The Bertz CT molecular complexity index is 300. The van der Waals surface area contributed by atoms with Crippen LogP contribution in [0.1, 0.15) is 5.56 Å². The van der Waals surface area contributed by atoms with Crippen LogP contribution in [0.15, 0.2) is 42.5 Å². The van der Waals surface area contributed by atoms with Crippen LogP contribution in [-0.4, -0.2) is 25.7 Å². The number of hydrogen-bond donors (Lipinski definition) is 2. The van der Waals surface area contributed by atoms with Crippen molar-refractivity contribution in [2.24, 2.45) is 0 Å². The molecule has 0 radical (unpaired) electrons. The van der Waals surface area contributed by atoms with Crippen molar-refractivity contribution in [2.75, 3.05) is 19.6 Å². The monoisotopic (exact) mass is 202 g/mol. The fourth-order valence-corrected chi connectivity index (χ4v) is 1.79. The molecule has 1 heterocycles. The molecule has 0 spiro atoms. The first-order valence-electron chi connectivity index (χ1n) is 5.60. The molecule has 1 fully saturated rings. The fraction of sp³-hybridized carbons (Fsp3) is 0.385. The Kier molecular flexibility index (Phi) is 3.94. The fourth-order valence-electron chi connectivity index (χ4n) is 1.79. The standard InChI is InChI=1S/C13H18N2/c1-2-5-12(6-3-1)7-4-8-13-11-14-9-10-15-13/h1-6,8,13-15H,7,9-11H2. The largest absolute Gasteiger partial charge is 0.314 e. The molecular weight excluding hydrogens is 184 g/mol. The number of nitrogens with one attached hydrogen (secondary N) is 2. The van der Waals surface area contributed by atoms with Gasteiger partial charge in [-0.1, -0.05) is 42.5 Å². The van der Waals surface area contributed by atoms with Crippen molar-refractivity contribution in [3.63, 3.8) is 0 Å². The molecule has 0 saturated carbocycles. The molecule has 2 heteroatoms. The van der Waals surface area contributed by atoms with Crippen molar-refractivity contribution < 1.29 is 0 Å². The molecule has 1 aromatic carbocycles. The van der Waals surface area contributed by atoms with E-state index in [0.29, 0.717) is 6.04 Å². The normalized spacial score (nSPS) is 22.0. The summed E-state index contributed by atoms with van der Waals surface area (Å²) < 4.78 is 0. The SMILES string of the molecule is C(=CC1CNCCN1)Cc1ccccc1. The molecule has 1 aliphatic heterocycles. The van der Waals surface area contributed by atoms with Crippen LogP contribution >= 0.6 is 0 Å². The van der Waals surface area contributed by atoms with Gasteiger partial charge in [0.05, 0.1) is 0 Å². The number of rotatable bonds is 3. The molecule has 0 aromatic heterocycles. The van der Waals surface area contributed by atoms with Gasteiger partial charge < -0.3 is 10.6 Å². The summed E-state index contributed by atoms with van der Waals surface area (Å²) in [5, 5.41) is 6.83. The molecule has 0 amide bonds. The van der Waals surface area contributed by atoms with Crippen LogP contribution in [0.2, 0.25) is 0 Å². The Morgan fingerprint density at radius 1 is 1.20 bits per heavy atom. The average Bonchev–Trinajstić information content (AvgIpc) is 2.32. The first-order valence-corrected chi connectivity index (χ1v) is 5.60. The quantitative estimate of drug-likeness (QED) is 0.723. The molecule has 2 N–H and O–H groups in total. The minimum absolute atomic E-state index is 0.502. The molecule has 1 saturated heterocycles. The Morgan fingerprint density at radius 2 is 2.07 bits per heavy atom. The average molecular weight is 202 g/mol. The van der Waals surface area contributed by atoms with Gasteiger partial charge in [-0.2, -0.15) is 0 Å². The van der Waals surface area contributed by atoms with Crippen molar-refractivity contribution in [1.82, 2.24) is 10.6 Å². The molecule has 1 atom stereocenters. The second-order valence-electron chi connectivity index (χ2n) is 3.88. The van der Waals surface area contributed by atoms with E-state index in [1.807, 2.05) is 0 Å². The highest BCUT2D eigenvalue weighted by atomic mass is 15.0. The van der Waals surface area contributed by atoms with Gasteiger partial charge in [0.2, 0.25) is 0 Å². The minimum atomic E-state index is 0.502. The maximum absolute atomic E-state index is 3.46. The lowest BCUT2D eigenvalue weighted by atomic mass is 10.1. The van der Waals surface area contributed by atoms with E-state index in [1.54, 1.807) is 0 Å². The molecule has 2 nitrogen and oxygen atoms in total. The lowest BCUT2D eigenvalue weighted by Crippen LogP contribution is -2.47. The second kappa shape index (κ2) is 5.69. The predicted molar refractivity (Wildman–Crippen MR) is 63.9 cm³/mol. The summed E-state index contributed by atoms with van der Waals surface area (Å²) >= 11 is 0. The summed E-state index contributed by atoms with van der Waals surface area (Å²) in [4.78, 5) is 0. The Morgan fingerprint density at radius 3 is 2.80 bits per heavy atom. The van der Waals surface area contributed by atoms with E-state index < -0.39 is 0 Å². The van der Waals surface area contributed by atoms with Gasteiger partial charge in [0.1, 0.15) is 0 Å². The molecule has 1 unspecified atom stereocenters. The van der Waals surface area contributed by atoms with Gasteiger partial charge in [-0.05, 0) is 12.0 Å². The van der Waals surface area contributed by atoms with Gasteiger partial charge in [0, 0.05) is 25.7 Å². The van der Waals surface area contributed by atoms with Crippen LogP contribution in [0.5, 0.6) is 0 Å². The van der Waals surface area contributed by atoms with Gasteiger partial charge in [0.25, 0.3) is 0 Å². The molecule has 1 aliphatic rings. The Hall–Kier alpha value is -1.12. The van der Waals surface area contributed by atoms with E-state index >= 15 is 0 Å². The molecule has 15 heavy (non-hydrogen) atoms.